The largest absolute Gasteiger partial charge is 0.350 e. The molecule has 0 atom stereocenters. The highest BCUT2D eigenvalue weighted by Gasteiger charge is 2.24. The van der Waals surface area contributed by atoms with Crippen LogP contribution in [0.25, 0.3) is 11.3 Å². The van der Waals surface area contributed by atoms with Gasteiger partial charge in [0.05, 0.1) is 12.1 Å². The number of hydrogen-bond acceptors (Lipinski definition) is 6. The number of nitrogens with one attached hydrogen (secondary N) is 2. The van der Waals surface area contributed by atoms with Crippen LogP contribution in [0.2, 0.25) is 0 Å². The summed E-state index contributed by atoms with van der Waals surface area (Å²) in [6, 6.07) is 9.14. The molecule has 3 rings (SSSR count). The summed E-state index contributed by atoms with van der Waals surface area (Å²) in [5.74, 6) is -0.756. The number of nitrogens with zero attached hydrogens (tertiary/aromatic N) is 3. The lowest BCUT2D eigenvalue weighted by molar-refractivity contribution is 0.0994. The van der Waals surface area contributed by atoms with E-state index in [2.05, 4.69) is 20.7 Å². The molecule has 0 unspecified atom stereocenters. The van der Waals surface area contributed by atoms with Gasteiger partial charge in [0.25, 0.3) is 5.56 Å². The van der Waals surface area contributed by atoms with Crippen LogP contribution < -0.4 is 16.2 Å². The summed E-state index contributed by atoms with van der Waals surface area (Å²) in [7, 11) is 1.64. The molecule has 144 valence electrons. The van der Waals surface area contributed by atoms with Gasteiger partial charge in [0, 0.05) is 30.2 Å². The Hall–Kier alpha value is -3.39. The monoisotopic (exact) mass is 381 g/mol. The number of hydrogen-bond donors (Lipinski definition) is 2. The fourth-order valence-corrected chi connectivity index (χ4v) is 2.84. The van der Waals surface area contributed by atoms with Gasteiger partial charge in [-0.2, -0.15) is 5.10 Å². The fraction of sp³-hybridized carbons (Fsp3) is 0.200. The van der Waals surface area contributed by atoms with Crippen LogP contribution in [0.4, 0.5) is 15.8 Å². The first kappa shape index (κ1) is 19.4. The third kappa shape index (κ3) is 3.96. The van der Waals surface area contributed by atoms with Gasteiger partial charge in [-0.05, 0) is 44.3 Å². The number of ketones is 1. The molecule has 2 aromatic heterocycles. The summed E-state index contributed by atoms with van der Waals surface area (Å²) in [5.41, 5.74) is 1.14. The highest BCUT2D eigenvalue weighted by molar-refractivity contribution is 6.07. The Balaban J connectivity index is 2.28. The molecule has 0 saturated heterocycles. The number of likely N-dealkylation sites (N-methyl/N-ethyl adjacent to an activating group) is 1. The molecule has 2 N–H and O–H groups in total. The Morgan fingerprint density at radius 3 is 2.61 bits per heavy atom. The van der Waals surface area contributed by atoms with Crippen molar-refractivity contribution in [3.63, 3.8) is 0 Å². The number of rotatable bonds is 7. The van der Waals surface area contributed by atoms with Crippen molar-refractivity contribution in [1.29, 1.82) is 0 Å². The Kier molecular flexibility index (Phi) is 5.90. The Bertz CT molecular complexity index is 1050. The number of pyridine rings is 1. The van der Waals surface area contributed by atoms with E-state index >= 15 is 0 Å². The van der Waals surface area contributed by atoms with Gasteiger partial charge < -0.3 is 10.6 Å². The standard InChI is InChI=1S/C20H20FN5O2/c1-3-26-20(28)19(24-15-6-4-5-14(21)11-15)17(16(27)12-22-2)18(25-26)13-7-9-23-10-8-13/h4-11,22,24H,3,12H2,1-2H3. The van der Waals surface area contributed by atoms with Gasteiger partial charge in [-0.15, -0.1) is 0 Å². The second-order valence-corrected chi connectivity index (χ2v) is 6.04. The second kappa shape index (κ2) is 8.53. The van der Waals surface area contributed by atoms with Crippen molar-refractivity contribution in [1.82, 2.24) is 20.1 Å². The first-order valence-corrected chi connectivity index (χ1v) is 8.81. The quantitative estimate of drug-likeness (QED) is 0.612. The van der Waals surface area contributed by atoms with Crippen LogP contribution in [0.1, 0.15) is 17.3 Å². The van der Waals surface area contributed by atoms with E-state index in [1.54, 1.807) is 44.6 Å². The SMILES string of the molecule is CCn1nc(-c2ccncc2)c(C(=O)CNC)c(Nc2cccc(F)c2)c1=O. The molecule has 0 aliphatic carbocycles. The predicted octanol–water partition coefficient (Wildman–Crippen LogP) is 2.61. The molecule has 0 spiro atoms. The van der Waals surface area contributed by atoms with Gasteiger partial charge in [0.2, 0.25) is 0 Å². The molecule has 28 heavy (non-hydrogen) atoms. The number of carbonyl (C=O) groups is 1. The third-order valence-corrected chi connectivity index (χ3v) is 4.12. The number of anilines is 2. The van der Waals surface area contributed by atoms with Crippen LogP contribution in [-0.4, -0.2) is 34.1 Å². The molecule has 7 nitrogen and oxygen atoms in total. The van der Waals surface area contributed by atoms with Gasteiger partial charge in [0.1, 0.15) is 17.2 Å². The van der Waals surface area contributed by atoms with Crippen LogP contribution in [0.15, 0.2) is 53.6 Å². The lowest BCUT2D eigenvalue weighted by Gasteiger charge is -2.17. The highest BCUT2D eigenvalue weighted by Crippen LogP contribution is 2.27. The molecule has 0 bridgehead atoms. The van der Waals surface area contributed by atoms with Crippen molar-refractivity contribution < 1.29 is 9.18 Å². The van der Waals surface area contributed by atoms with Crippen molar-refractivity contribution in [2.45, 2.75) is 13.5 Å². The van der Waals surface area contributed by atoms with E-state index in [0.29, 0.717) is 23.5 Å². The average molecular weight is 381 g/mol. The Morgan fingerprint density at radius 2 is 1.96 bits per heavy atom. The van der Waals surface area contributed by atoms with Crippen LogP contribution in [0, 0.1) is 5.82 Å². The first-order valence-electron chi connectivity index (χ1n) is 8.81. The van der Waals surface area contributed by atoms with Crippen LogP contribution in [0.5, 0.6) is 0 Å². The van der Waals surface area contributed by atoms with Gasteiger partial charge in [0.15, 0.2) is 5.78 Å². The van der Waals surface area contributed by atoms with Crippen molar-refractivity contribution in [2.24, 2.45) is 0 Å². The zero-order valence-electron chi connectivity index (χ0n) is 15.6. The maximum atomic E-state index is 13.6. The number of aromatic nitrogens is 3. The number of carbonyl (C=O) groups excluding carboxylic acids is 1. The predicted molar refractivity (Wildman–Crippen MR) is 105 cm³/mol. The van der Waals surface area contributed by atoms with E-state index in [1.807, 2.05) is 0 Å². The van der Waals surface area contributed by atoms with Gasteiger partial charge in [-0.3, -0.25) is 14.6 Å². The van der Waals surface area contributed by atoms with E-state index in [4.69, 9.17) is 0 Å². The van der Waals surface area contributed by atoms with Crippen LogP contribution >= 0.6 is 0 Å². The summed E-state index contributed by atoms with van der Waals surface area (Å²) in [5, 5.41) is 10.1. The summed E-state index contributed by atoms with van der Waals surface area (Å²) in [4.78, 5) is 29.8. The number of halogens is 1. The maximum absolute atomic E-state index is 13.6. The van der Waals surface area contributed by atoms with Crippen molar-refractivity contribution in [3.05, 3.63) is 70.5 Å². The zero-order valence-corrected chi connectivity index (χ0v) is 15.6. The molecule has 8 heteroatoms. The topological polar surface area (TPSA) is 88.9 Å². The lowest BCUT2D eigenvalue weighted by atomic mass is 10.0. The minimum absolute atomic E-state index is 0.0210. The van der Waals surface area contributed by atoms with E-state index in [1.165, 1.54) is 22.9 Å². The highest BCUT2D eigenvalue weighted by atomic mass is 19.1. The second-order valence-electron chi connectivity index (χ2n) is 6.04. The molecule has 0 amide bonds. The summed E-state index contributed by atoms with van der Waals surface area (Å²) in [6.45, 7) is 2.12. The van der Waals surface area contributed by atoms with E-state index < -0.39 is 11.4 Å². The first-order chi connectivity index (χ1) is 13.5. The van der Waals surface area contributed by atoms with E-state index in [0.717, 1.165) is 0 Å². The molecular weight excluding hydrogens is 361 g/mol. The van der Waals surface area contributed by atoms with Crippen molar-refractivity contribution in [2.75, 3.05) is 18.9 Å². The third-order valence-electron chi connectivity index (χ3n) is 4.12. The number of Topliss-reactive ketones (excluding diaryl/α,β-unsaturated/α-hetero) is 1. The zero-order chi connectivity index (χ0) is 20.1. The molecule has 0 saturated carbocycles. The lowest BCUT2D eigenvalue weighted by Crippen LogP contribution is -2.30. The molecule has 0 radical (unpaired) electrons. The average Bonchev–Trinajstić information content (AvgIpc) is 2.70. The summed E-state index contributed by atoms with van der Waals surface area (Å²) < 4.78 is 14.9. The number of benzene rings is 1. The van der Waals surface area contributed by atoms with Crippen LogP contribution in [-0.2, 0) is 6.54 Å². The number of aryl methyl sites for hydroxylation is 1. The van der Waals surface area contributed by atoms with E-state index in [9.17, 15) is 14.0 Å². The Morgan fingerprint density at radius 1 is 1.21 bits per heavy atom. The molecule has 0 fully saturated rings. The Labute approximate surface area is 161 Å². The van der Waals surface area contributed by atoms with Crippen LogP contribution in [0.3, 0.4) is 0 Å². The van der Waals surface area contributed by atoms with Crippen molar-refractivity contribution >= 4 is 17.2 Å². The van der Waals surface area contributed by atoms with Crippen molar-refractivity contribution in [3.8, 4) is 11.3 Å². The normalized spacial score (nSPS) is 10.7. The smallest absolute Gasteiger partial charge is 0.291 e. The van der Waals surface area contributed by atoms with Gasteiger partial charge in [-0.25, -0.2) is 9.07 Å². The minimum atomic E-state index is -0.455. The maximum Gasteiger partial charge on any atom is 0.291 e. The molecule has 3 aromatic rings. The minimum Gasteiger partial charge on any atom is -0.350 e. The summed E-state index contributed by atoms with van der Waals surface area (Å²) in [6.07, 6.45) is 3.18. The molecule has 0 aliphatic rings. The fourth-order valence-electron chi connectivity index (χ4n) is 2.84. The molecule has 1 aromatic carbocycles. The summed E-state index contributed by atoms with van der Waals surface area (Å²) >= 11 is 0. The molecule has 0 aliphatic heterocycles. The molecule has 2 heterocycles. The van der Waals surface area contributed by atoms with Gasteiger partial charge >= 0.3 is 0 Å². The molecular formula is C20H20FN5O2. The van der Waals surface area contributed by atoms with Gasteiger partial charge in [-0.1, -0.05) is 6.07 Å². The van der Waals surface area contributed by atoms with E-state index in [-0.39, 0.29) is 23.6 Å².